The molecule has 0 saturated heterocycles. The van der Waals surface area contributed by atoms with Gasteiger partial charge in [-0.25, -0.2) is 12.8 Å². The Kier molecular flexibility index (Phi) is 10.3. The first kappa shape index (κ1) is 29.1. The van der Waals surface area contributed by atoms with Crippen LogP contribution in [0.1, 0.15) is 24.5 Å². The summed E-state index contributed by atoms with van der Waals surface area (Å²) in [6, 6.07) is 20.1. The highest BCUT2D eigenvalue weighted by Gasteiger charge is 2.33. The number of carbonyl (C=O) groups is 2. The number of amides is 2. The third-order valence-corrected chi connectivity index (χ3v) is 7.24. The van der Waals surface area contributed by atoms with Gasteiger partial charge in [-0.15, -0.1) is 0 Å². The third kappa shape index (κ3) is 8.29. The van der Waals surface area contributed by atoms with Gasteiger partial charge in [0.2, 0.25) is 21.8 Å². The molecular weight excluding hydrogens is 529 g/mol. The van der Waals surface area contributed by atoms with Gasteiger partial charge in [0.25, 0.3) is 0 Å². The van der Waals surface area contributed by atoms with Crippen LogP contribution in [0.3, 0.4) is 0 Å². The Morgan fingerprint density at radius 3 is 2.26 bits per heavy atom. The number of hydrogen-bond acceptors (Lipinski definition) is 4. The highest BCUT2D eigenvalue weighted by Crippen LogP contribution is 2.23. The Hall–Kier alpha value is -3.43. The molecular formula is C28H31ClFN3O4S. The molecule has 202 valence electrons. The summed E-state index contributed by atoms with van der Waals surface area (Å²) in [6.45, 7) is 1.76. The minimum absolute atomic E-state index is 0.0245. The van der Waals surface area contributed by atoms with E-state index in [1.165, 1.54) is 35.2 Å². The summed E-state index contributed by atoms with van der Waals surface area (Å²) < 4.78 is 40.0. The number of carbonyl (C=O) groups excluding carboxylic acids is 2. The van der Waals surface area contributed by atoms with Gasteiger partial charge in [-0.05, 0) is 47.9 Å². The molecule has 3 aromatic carbocycles. The van der Waals surface area contributed by atoms with Crippen molar-refractivity contribution < 1.29 is 22.4 Å². The van der Waals surface area contributed by atoms with E-state index in [1.54, 1.807) is 18.2 Å². The molecule has 0 bridgehead atoms. The smallest absolute Gasteiger partial charge is 0.244 e. The van der Waals surface area contributed by atoms with Crippen LogP contribution in [0.4, 0.5) is 10.1 Å². The van der Waals surface area contributed by atoms with E-state index < -0.39 is 34.3 Å². The Balaban J connectivity index is 2.03. The van der Waals surface area contributed by atoms with E-state index in [0.29, 0.717) is 23.6 Å². The molecule has 0 spiro atoms. The molecule has 0 heterocycles. The highest BCUT2D eigenvalue weighted by molar-refractivity contribution is 7.92. The second kappa shape index (κ2) is 13.4. The topological polar surface area (TPSA) is 86.8 Å². The van der Waals surface area contributed by atoms with Crippen LogP contribution in [0.2, 0.25) is 5.02 Å². The van der Waals surface area contributed by atoms with Crippen molar-refractivity contribution in [1.29, 1.82) is 0 Å². The van der Waals surface area contributed by atoms with Gasteiger partial charge in [0.15, 0.2) is 0 Å². The molecule has 1 atom stereocenters. The molecule has 1 N–H and O–H groups in total. The lowest BCUT2D eigenvalue weighted by molar-refractivity contribution is -0.140. The lowest BCUT2D eigenvalue weighted by Gasteiger charge is -2.33. The van der Waals surface area contributed by atoms with E-state index in [1.807, 2.05) is 37.3 Å². The molecule has 7 nitrogen and oxygen atoms in total. The Bertz CT molecular complexity index is 1340. The number of benzene rings is 3. The molecule has 2 amide bonds. The number of hydrogen-bond donors (Lipinski definition) is 1. The summed E-state index contributed by atoms with van der Waals surface area (Å²) >= 11 is 6.09. The molecule has 0 aliphatic heterocycles. The Morgan fingerprint density at radius 2 is 1.66 bits per heavy atom. The zero-order chi connectivity index (χ0) is 27.7. The number of anilines is 1. The van der Waals surface area contributed by atoms with E-state index in [4.69, 9.17) is 11.6 Å². The molecule has 0 saturated carbocycles. The lowest BCUT2D eigenvalue weighted by atomic mass is 10.0. The van der Waals surface area contributed by atoms with E-state index >= 15 is 0 Å². The minimum atomic E-state index is -3.88. The van der Waals surface area contributed by atoms with Gasteiger partial charge in [0.1, 0.15) is 18.4 Å². The van der Waals surface area contributed by atoms with Crippen molar-refractivity contribution in [2.45, 2.75) is 32.4 Å². The van der Waals surface area contributed by atoms with Gasteiger partial charge in [-0.2, -0.15) is 0 Å². The summed E-state index contributed by atoms with van der Waals surface area (Å²) in [5.74, 6) is -1.38. The largest absolute Gasteiger partial charge is 0.354 e. The fourth-order valence-electron chi connectivity index (χ4n) is 3.95. The van der Waals surface area contributed by atoms with Crippen LogP contribution in [0.15, 0.2) is 78.9 Å². The monoisotopic (exact) mass is 559 g/mol. The summed E-state index contributed by atoms with van der Waals surface area (Å²) in [5.41, 5.74) is 1.65. The SMILES string of the molecule is CCCNC(=O)[C@H](Cc1ccccc1)N(Cc1ccc(F)cc1)C(=O)CN(c1cccc(Cl)c1)S(C)(=O)=O. The van der Waals surface area contributed by atoms with Gasteiger partial charge in [0.05, 0.1) is 11.9 Å². The van der Waals surface area contributed by atoms with Crippen LogP contribution < -0.4 is 9.62 Å². The second-order valence-corrected chi connectivity index (χ2v) is 11.2. The number of nitrogens with zero attached hydrogens (tertiary/aromatic N) is 2. The first-order valence-electron chi connectivity index (χ1n) is 12.2. The predicted octanol–water partition coefficient (Wildman–Crippen LogP) is 4.41. The maximum absolute atomic E-state index is 13.9. The molecule has 3 aromatic rings. The maximum atomic E-state index is 13.9. The van der Waals surface area contributed by atoms with Crippen molar-refractivity contribution in [1.82, 2.24) is 10.2 Å². The van der Waals surface area contributed by atoms with Crippen LogP contribution in [-0.4, -0.2) is 50.5 Å². The van der Waals surface area contributed by atoms with Gasteiger partial charge in [-0.3, -0.25) is 13.9 Å². The molecule has 0 unspecified atom stereocenters. The van der Waals surface area contributed by atoms with Gasteiger partial charge >= 0.3 is 0 Å². The van der Waals surface area contributed by atoms with Crippen molar-refractivity contribution in [2.75, 3.05) is 23.7 Å². The predicted molar refractivity (Wildman–Crippen MR) is 148 cm³/mol. The fraction of sp³-hybridized carbons (Fsp3) is 0.286. The fourth-order valence-corrected chi connectivity index (χ4v) is 4.98. The standard InChI is InChI=1S/C28H31ClFN3O4S/c1-3-16-31-28(35)26(17-21-8-5-4-6-9-21)32(19-22-12-14-24(30)15-13-22)27(34)20-33(38(2,36)37)25-11-7-10-23(29)18-25/h4-15,18,26H,3,16-17,19-20H2,1-2H3,(H,31,35)/t26-/m0/s1. The highest BCUT2D eigenvalue weighted by atomic mass is 35.5. The average Bonchev–Trinajstić information content (AvgIpc) is 2.88. The quantitative estimate of drug-likeness (QED) is 0.356. The normalized spacial score (nSPS) is 12.0. The molecule has 0 aromatic heterocycles. The van der Waals surface area contributed by atoms with Crippen molar-refractivity contribution >= 4 is 39.1 Å². The van der Waals surface area contributed by atoms with Crippen LogP contribution >= 0.6 is 11.6 Å². The molecule has 38 heavy (non-hydrogen) atoms. The molecule has 0 aliphatic rings. The summed E-state index contributed by atoms with van der Waals surface area (Å²) in [4.78, 5) is 28.6. The molecule has 0 radical (unpaired) electrons. The van der Waals surface area contributed by atoms with Gasteiger partial charge in [-0.1, -0.05) is 67.1 Å². The Morgan fingerprint density at radius 1 is 0.974 bits per heavy atom. The van der Waals surface area contributed by atoms with E-state index in [-0.39, 0.29) is 24.6 Å². The molecule has 3 rings (SSSR count). The average molecular weight is 560 g/mol. The molecule has 0 fully saturated rings. The van der Waals surface area contributed by atoms with Crippen molar-refractivity contribution in [3.8, 4) is 0 Å². The van der Waals surface area contributed by atoms with Gasteiger partial charge < -0.3 is 10.2 Å². The van der Waals surface area contributed by atoms with E-state index in [2.05, 4.69) is 5.32 Å². The summed E-state index contributed by atoms with van der Waals surface area (Å²) in [5, 5.41) is 3.18. The van der Waals surface area contributed by atoms with Crippen molar-refractivity contribution in [3.05, 3.63) is 101 Å². The number of halogens is 2. The number of sulfonamides is 1. The second-order valence-electron chi connectivity index (χ2n) is 8.89. The molecule has 0 aliphatic carbocycles. The zero-order valence-corrected chi connectivity index (χ0v) is 22.9. The number of rotatable bonds is 12. The number of nitrogens with one attached hydrogen (secondary N) is 1. The Labute approximate surface area is 228 Å². The van der Waals surface area contributed by atoms with Crippen molar-refractivity contribution in [2.24, 2.45) is 0 Å². The maximum Gasteiger partial charge on any atom is 0.244 e. The lowest BCUT2D eigenvalue weighted by Crippen LogP contribution is -2.53. The van der Waals surface area contributed by atoms with E-state index in [9.17, 15) is 22.4 Å². The van der Waals surface area contributed by atoms with Crippen LogP contribution in [0.5, 0.6) is 0 Å². The van der Waals surface area contributed by atoms with Crippen LogP contribution in [-0.2, 0) is 32.6 Å². The van der Waals surface area contributed by atoms with E-state index in [0.717, 1.165) is 16.1 Å². The first-order chi connectivity index (χ1) is 18.1. The van der Waals surface area contributed by atoms with Crippen LogP contribution in [0.25, 0.3) is 0 Å². The summed E-state index contributed by atoms with van der Waals surface area (Å²) in [6.07, 6.45) is 1.91. The van der Waals surface area contributed by atoms with Gasteiger partial charge in [0, 0.05) is 24.5 Å². The third-order valence-electron chi connectivity index (χ3n) is 5.86. The van der Waals surface area contributed by atoms with Crippen LogP contribution in [0, 0.1) is 5.82 Å². The summed E-state index contributed by atoms with van der Waals surface area (Å²) in [7, 11) is -3.88. The molecule has 10 heteroatoms. The van der Waals surface area contributed by atoms with Crippen molar-refractivity contribution in [3.63, 3.8) is 0 Å². The minimum Gasteiger partial charge on any atom is -0.354 e. The zero-order valence-electron chi connectivity index (χ0n) is 21.3. The first-order valence-corrected chi connectivity index (χ1v) is 14.4.